The van der Waals surface area contributed by atoms with E-state index in [1.807, 2.05) is 0 Å². The molecule has 0 aromatic carbocycles. The van der Waals surface area contributed by atoms with Crippen LogP contribution < -0.4 is 0 Å². The number of piperidine rings is 1. The third kappa shape index (κ3) is 2.62. The first-order chi connectivity index (χ1) is 11.7. The summed E-state index contributed by atoms with van der Waals surface area (Å²) in [5.41, 5.74) is 0. The minimum Gasteiger partial charge on any atom is -0.341 e. The Balaban J connectivity index is 1.12. The number of rotatable bonds is 3. The highest BCUT2D eigenvalue weighted by molar-refractivity contribution is 5.82. The van der Waals surface area contributed by atoms with Crippen molar-refractivity contribution in [3.63, 3.8) is 0 Å². The summed E-state index contributed by atoms with van der Waals surface area (Å²) < 4.78 is 0. The molecule has 1 amide bonds. The maximum Gasteiger partial charge on any atom is 0.226 e. The zero-order chi connectivity index (χ0) is 16.3. The van der Waals surface area contributed by atoms with E-state index >= 15 is 0 Å². The molecule has 4 fully saturated rings. The summed E-state index contributed by atoms with van der Waals surface area (Å²) in [5, 5.41) is 0. The fraction of sp³-hybridized carbons (Fsp3) is 0.850. The van der Waals surface area contributed by atoms with E-state index in [0.717, 1.165) is 50.4 Å². The number of allylic oxidation sites excluding steroid dienone is 2. The number of amides is 1. The van der Waals surface area contributed by atoms with E-state index in [0.29, 0.717) is 23.7 Å². The molecular weight excluding hydrogens is 298 g/mol. The fourth-order valence-electron chi connectivity index (χ4n) is 6.04. The molecule has 0 aromatic rings. The van der Waals surface area contributed by atoms with Gasteiger partial charge in [0, 0.05) is 45.2 Å². The highest BCUT2D eigenvalue weighted by Crippen LogP contribution is 2.53. The van der Waals surface area contributed by atoms with Gasteiger partial charge in [0.25, 0.3) is 0 Å². The highest BCUT2D eigenvalue weighted by Gasteiger charge is 2.60. The van der Waals surface area contributed by atoms with Gasteiger partial charge < -0.3 is 14.7 Å². The van der Waals surface area contributed by atoms with E-state index in [1.165, 1.54) is 32.5 Å². The number of carbonyl (C=O) groups is 1. The Bertz CT molecular complexity index is 535. The Morgan fingerprint density at radius 2 is 1.88 bits per heavy atom. The molecule has 2 saturated carbocycles. The van der Waals surface area contributed by atoms with Crippen LogP contribution in [0.15, 0.2) is 12.2 Å². The SMILES string of the molecule is CN1CCCN(C(=O)C2[C@H]3CN(CC4C[C@@H]5C=C[C@H]4C5)C[C@@H]23)CC1. The first-order valence-electron chi connectivity index (χ1n) is 10.1. The zero-order valence-electron chi connectivity index (χ0n) is 14.9. The summed E-state index contributed by atoms with van der Waals surface area (Å²) in [6, 6.07) is 0. The molecule has 0 spiro atoms. The Morgan fingerprint density at radius 3 is 2.58 bits per heavy atom. The second-order valence-electron chi connectivity index (χ2n) is 9.09. The van der Waals surface area contributed by atoms with Crippen LogP contribution in [0, 0.1) is 35.5 Å². The molecule has 4 nitrogen and oxygen atoms in total. The van der Waals surface area contributed by atoms with E-state index in [4.69, 9.17) is 0 Å². The smallest absolute Gasteiger partial charge is 0.226 e. The van der Waals surface area contributed by atoms with E-state index < -0.39 is 0 Å². The lowest BCUT2D eigenvalue weighted by Gasteiger charge is -2.27. The van der Waals surface area contributed by atoms with E-state index in [2.05, 4.69) is 33.9 Å². The van der Waals surface area contributed by atoms with Crippen LogP contribution in [-0.2, 0) is 4.79 Å². The van der Waals surface area contributed by atoms with Crippen molar-refractivity contribution in [2.24, 2.45) is 35.5 Å². The van der Waals surface area contributed by atoms with Crippen LogP contribution in [0.3, 0.4) is 0 Å². The third-order valence-corrected chi connectivity index (χ3v) is 7.50. The lowest BCUT2D eigenvalue weighted by molar-refractivity contribution is -0.133. The first-order valence-corrected chi connectivity index (χ1v) is 10.1. The van der Waals surface area contributed by atoms with E-state index in [1.54, 1.807) is 0 Å². The second kappa shape index (κ2) is 5.84. The molecule has 2 aliphatic heterocycles. The summed E-state index contributed by atoms with van der Waals surface area (Å²) >= 11 is 0. The van der Waals surface area contributed by atoms with Gasteiger partial charge in [-0.15, -0.1) is 0 Å². The number of likely N-dealkylation sites (tertiary alicyclic amines) is 1. The average Bonchev–Trinajstić information content (AvgIpc) is 2.91. The number of carbonyl (C=O) groups excluding carboxylic acids is 1. The summed E-state index contributed by atoms with van der Waals surface area (Å²) in [6.45, 7) is 7.74. The number of hydrogen-bond acceptors (Lipinski definition) is 3. The second-order valence-corrected chi connectivity index (χ2v) is 9.09. The molecule has 132 valence electrons. The van der Waals surface area contributed by atoms with Crippen LogP contribution in [0.25, 0.3) is 0 Å². The topological polar surface area (TPSA) is 26.8 Å². The molecule has 0 radical (unpaired) electrons. The van der Waals surface area contributed by atoms with Crippen molar-refractivity contribution in [1.82, 2.24) is 14.7 Å². The quantitative estimate of drug-likeness (QED) is 0.735. The van der Waals surface area contributed by atoms with Crippen molar-refractivity contribution in [2.75, 3.05) is 52.9 Å². The molecule has 5 rings (SSSR count). The predicted molar refractivity (Wildman–Crippen MR) is 94.4 cm³/mol. The van der Waals surface area contributed by atoms with Crippen molar-refractivity contribution < 1.29 is 4.79 Å². The van der Waals surface area contributed by atoms with Gasteiger partial charge in [-0.05, 0) is 62.4 Å². The largest absolute Gasteiger partial charge is 0.341 e. The lowest BCUT2D eigenvalue weighted by Crippen LogP contribution is -2.39. The summed E-state index contributed by atoms with van der Waals surface area (Å²) in [4.78, 5) is 20.1. The Labute approximate surface area is 145 Å². The van der Waals surface area contributed by atoms with Crippen LogP contribution >= 0.6 is 0 Å². The molecule has 24 heavy (non-hydrogen) atoms. The predicted octanol–water partition coefficient (Wildman–Crippen LogP) is 1.54. The minimum absolute atomic E-state index is 0.365. The maximum atomic E-state index is 12.9. The number of likely N-dealkylation sites (N-methyl/N-ethyl adjacent to an activating group) is 1. The zero-order valence-corrected chi connectivity index (χ0v) is 14.9. The Hall–Kier alpha value is -0.870. The van der Waals surface area contributed by atoms with E-state index in [-0.39, 0.29) is 0 Å². The van der Waals surface area contributed by atoms with Crippen LogP contribution in [-0.4, -0.2) is 73.5 Å². The number of hydrogen-bond donors (Lipinski definition) is 0. The van der Waals surface area contributed by atoms with Crippen molar-refractivity contribution in [2.45, 2.75) is 19.3 Å². The molecule has 2 heterocycles. The lowest BCUT2D eigenvalue weighted by atomic mass is 9.93. The molecule has 0 aromatic heterocycles. The van der Waals surface area contributed by atoms with Crippen molar-refractivity contribution in [3.05, 3.63) is 12.2 Å². The van der Waals surface area contributed by atoms with Gasteiger partial charge >= 0.3 is 0 Å². The van der Waals surface area contributed by atoms with Gasteiger partial charge in [0.15, 0.2) is 0 Å². The number of nitrogens with zero attached hydrogens (tertiary/aromatic N) is 3. The first kappa shape index (κ1) is 15.4. The number of fused-ring (bicyclic) bond motifs is 3. The van der Waals surface area contributed by atoms with Crippen molar-refractivity contribution in [3.8, 4) is 0 Å². The molecule has 2 bridgehead atoms. The maximum absolute atomic E-state index is 12.9. The normalized spacial score (nSPS) is 44.8. The third-order valence-electron chi connectivity index (χ3n) is 7.50. The summed E-state index contributed by atoms with van der Waals surface area (Å²) in [5.74, 6) is 4.83. The molecule has 0 N–H and O–H groups in total. The van der Waals surface area contributed by atoms with Gasteiger partial charge in [0.1, 0.15) is 0 Å². The van der Waals surface area contributed by atoms with Gasteiger partial charge in [-0.1, -0.05) is 12.2 Å². The molecular formula is C20H31N3O. The van der Waals surface area contributed by atoms with Gasteiger partial charge in [-0.2, -0.15) is 0 Å². The highest BCUT2D eigenvalue weighted by atomic mass is 16.2. The Kier molecular flexibility index (Phi) is 3.75. The van der Waals surface area contributed by atoms with Crippen LogP contribution in [0.1, 0.15) is 19.3 Å². The minimum atomic E-state index is 0.365. The van der Waals surface area contributed by atoms with Gasteiger partial charge in [0.2, 0.25) is 5.91 Å². The molecule has 3 aliphatic carbocycles. The van der Waals surface area contributed by atoms with Gasteiger partial charge in [-0.25, -0.2) is 0 Å². The van der Waals surface area contributed by atoms with Crippen molar-refractivity contribution in [1.29, 1.82) is 0 Å². The Morgan fingerprint density at radius 1 is 1.04 bits per heavy atom. The van der Waals surface area contributed by atoms with Gasteiger partial charge in [0.05, 0.1) is 0 Å². The van der Waals surface area contributed by atoms with Crippen LogP contribution in [0.4, 0.5) is 0 Å². The summed E-state index contributed by atoms with van der Waals surface area (Å²) in [6.07, 6.45) is 8.87. The molecule has 5 aliphatic rings. The average molecular weight is 329 g/mol. The van der Waals surface area contributed by atoms with Crippen molar-refractivity contribution >= 4 is 5.91 Å². The van der Waals surface area contributed by atoms with E-state index in [9.17, 15) is 4.79 Å². The molecule has 6 atom stereocenters. The van der Waals surface area contributed by atoms with Crippen LogP contribution in [0.5, 0.6) is 0 Å². The monoisotopic (exact) mass is 329 g/mol. The standard InChI is InChI=1S/C20H31N3O/c1-21-5-2-6-23(8-7-21)20(24)19-17-12-22(13-18(17)19)11-16-10-14-3-4-15(16)9-14/h3-4,14-19H,2,5-13H2,1H3/t14-,15+,16?,17-,18+,19?/m1/s1. The molecule has 2 saturated heterocycles. The van der Waals surface area contributed by atoms with Crippen LogP contribution in [0.2, 0.25) is 0 Å². The fourth-order valence-corrected chi connectivity index (χ4v) is 6.04. The molecule has 2 unspecified atom stereocenters. The molecule has 4 heteroatoms. The summed E-state index contributed by atoms with van der Waals surface area (Å²) in [7, 11) is 2.17. The van der Waals surface area contributed by atoms with Gasteiger partial charge in [-0.3, -0.25) is 4.79 Å².